The minimum atomic E-state index is -0.128. The van der Waals surface area contributed by atoms with Crippen molar-refractivity contribution >= 4 is 21.8 Å². The van der Waals surface area contributed by atoms with Gasteiger partial charge in [-0.1, -0.05) is 6.92 Å². The lowest BCUT2D eigenvalue weighted by atomic mass is 10.2. The normalized spacial score (nSPS) is 20.2. The molecule has 0 spiro atoms. The van der Waals surface area contributed by atoms with Crippen LogP contribution < -0.4 is 5.32 Å². The molecule has 1 amide bonds. The number of aromatic nitrogens is 1. The van der Waals surface area contributed by atoms with Crippen molar-refractivity contribution in [1.29, 1.82) is 0 Å². The molecule has 6 heteroatoms. The van der Waals surface area contributed by atoms with Crippen LogP contribution in [0.3, 0.4) is 0 Å². The largest absolute Gasteiger partial charge is 0.374 e. The summed E-state index contributed by atoms with van der Waals surface area (Å²) in [5, 5.41) is 2.89. The number of amides is 1. The van der Waals surface area contributed by atoms with Gasteiger partial charge in [0.2, 0.25) is 0 Å². The molecule has 19 heavy (non-hydrogen) atoms. The minimum absolute atomic E-state index is 0.0631. The van der Waals surface area contributed by atoms with Crippen LogP contribution in [0, 0.1) is 0 Å². The van der Waals surface area contributed by atoms with Crippen LogP contribution in [0.1, 0.15) is 17.3 Å². The smallest absolute Gasteiger partial charge is 0.254 e. The van der Waals surface area contributed by atoms with Crippen molar-refractivity contribution in [2.45, 2.75) is 13.0 Å². The molecule has 2 heterocycles. The van der Waals surface area contributed by atoms with E-state index in [2.05, 4.69) is 38.1 Å². The number of nitrogens with one attached hydrogen (secondary N) is 1. The van der Waals surface area contributed by atoms with Crippen LogP contribution in [0.4, 0.5) is 0 Å². The highest BCUT2D eigenvalue weighted by atomic mass is 79.9. The summed E-state index contributed by atoms with van der Waals surface area (Å²) >= 11 is 3.27. The highest BCUT2D eigenvalue weighted by molar-refractivity contribution is 9.10. The van der Waals surface area contributed by atoms with Gasteiger partial charge in [-0.05, 0) is 34.6 Å². The SMILES string of the molecule is CCN1CCOC(CNC(=O)c2cccnc2Br)C1. The molecule has 0 saturated carbocycles. The van der Waals surface area contributed by atoms with Crippen LogP contribution in [0.25, 0.3) is 0 Å². The van der Waals surface area contributed by atoms with Gasteiger partial charge in [-0.2, -0.15) is 0 Å². The fourth-order valence-corrected chi connectivity index (χ4v) is 2.48. The molecule has 1 aliphatic rings. The van der Waals surface area contributed by atoms with E-state index >= 15 is 0 Å². The maximum atomic E-state index is 12.0. The number of rotatable bonds is 4. The number of morpholine rings is 1. The van der Waals surface area contributed by atoms with Gasteiger partial charge in [0.1, 0.15) is 4.60 Å². The van der Waals surface area contributed by atoms with Gasteiger partial charge in [0.25, 0.3) is 5.91 Å². The Morgan fingerprint density at radius 2 is 2.53 bits per heavy atom. The molecule has 0 radical (unpaired) electrons. The van der Waals surface area contributed by atoms with Crippen LogP contribution in [-0.2, 0) is 4.74 Å². The first-order valence-corrected chi connectivity index (χ1v) is 7.22. The third-order valence-corrected chi connectivity index (χ3v) is 3.80. The number of pyridine rings is 1. The van der Waals surface area contributed by atoms with Crippen molar-refractivity contribution in [2.24, 2.45) is 0 Å². The molecule has 1 atom stereocenters. The average Bonchev–Trinajstić information content (AvgIpc) is 2.45. The Hall–Kier alpha value is -0.980. The average molecular weight is 328 g/mol. The van der Waals surface area contributed by atoms with Crippen molar-refractivity contribution in [3.63, 3.8) is 0 Å². The number of hydrogen-bond donors (Lipinski definition) is 1. The number of hydrogen-bond acceptors (Lipinski definition) is 4. The summed E-state index contributed by atoms with van der Waals surface area (Å²) < 4.78 is 6.21. The Bertz CT molecular complexity index is 442. The van der Waals surface area contributed by atoms with Crippen molar-refractivity contribution in [1.82, 2.24) is 15.2 Å². The number of carbonyl (C=O) groups is 1. The van der Waals surface area contributed by atoms with Crippen LogP contribution in [0.2, 0.25) is 0 Å². The molecule has 2 rings (SSSR count). The van der Waals surface area contributed by atoms with Crippen LogP contribution >= 0.6 is 15.9 Å². The van der Waals surface area contributed by atoms with Gasteiger partial charge in [0, 0.05) is 25.8 Å². The molecule has 1 fully saturated rings. The van der Waals surface area contributed by atoms with E-state index in [1.807, 2.05) is 0 Å². The predicted octanol–water partition coefficient (Wildman–Crippen LogP) is 1.29. The van der Waals surface area contributed by atoms with Crippen molar-refractivity contribution < 1.29 is 9.53 Å². The molecule has 1 aliphatic heterocycles. The molecule has 1 aromatic rings. The van der Waals surface area contributed by atoms with Crippen molar-refractivity contribution in [2.75, 3.05) is 32.8 Å². The van der Waals surface area contributed by atoms with E-state index in [0.29, 0.717) is 16.7 Å². The summed E-state index contributed by atoms with van der Waals surface area (Å²) in [4.78, 5) is 18.4. The minimum Gasteiger partial charge on any atom is -0.374 e. The zero-order valence-electron chi connectivity index (χ0n) is 10.9. The second kappa shape index (κ2) is 6.98. The Kier molecular flexibility index (Phi) is 5.30. The monoisotopic (exact) mass is 327 g/mol. The molecule has 1 unspecified atom stereocenters. The van der Waals surface area contributed by atoms with Crippen molar-refractivity contribution in [3.8, 4) is 0 Å². The maximum absolute atomic E-state index is 12.0. The number of halogens is 1. The van der Waals surface area contributed by atoms with E-state index in [1.54, 1.807) is 18.3 Å². The quantitative estimate of drug-likeness (QED) is 0.847. The molecule has 5 nitrogen and oxygen atoms in total. The van der Waals surface area contributed by atoms with Gasteiger partial charge < -0.3 is 10.1 Å². The predicted molar refractivity (Wildman–Crippen MR) is 76.1 cm³/mol. The summed E-state index contributed by atoms with van der Waals surface area (Å²) in [5.74, 6) is -0.128. The van der Waals surface area contributed by atoms with Gasteiger partial charge in [0.15, 0.2) is 0 Å². The summed E-state index contributed by atoms with van der Waals surface area (Å²) in [5.41, 5.74) is 0.547. The third-order valence-electron chi connectivity index (χ3n) is 3.16. The highest BCUT2D eigenvalue weighted by Crippen LogP contribution is 2.12. The van der Waals surface area contributed by atoms with E-state index in [-0.39, 0.29) is 12.0 Å². The summed E-state index contributed by atoms with van der Waals surface area (Å²) in [6.07, 6.45) is 1.71. The van der Waals surface area contributed by atoms with E-state index in [9.17, 15) is 4.79 Å². The van der Waals surface area contributed by atoms with Crippen molar-refractivity contribution in [3.05, 3.63) is 28.5 Å². The molecule has 0 aliphatic carbocycles. The Balaban J connectivity index is 1.85. The Morgan fingerprint density at radius 1 is 1.68 bits per heavy atom. The topological polar surface area (TPSA) is 54.5 Å². The zero-order valence-corrected chi connectivity index (χ0v) is 12.5. The first-order chi connectivity index (χ1) is 9.20. The second-order valence-corrected chi connectivity index (χ2v) is 5.19. The third kappa shape index (κ3) is 3.99. The fraction of sp³-hybridized carbons (Fsp3) is 0.538. The number of ether oxygens (including phenoxy) is 1. The standard InChI is InChI=1S/C13H18BrN3O2/c1-2-17-6-7-19-10(9-17)8-16-13(18)11-4-3-5-15-12(11)14/h3-5,10H,2,6-9H2,1H3,(H,16,18). The molecule has 1 N–H and O–H groups in total. The molecule has 1 saturated heterocycles. The van der Waals surface area contributed by atoms with Crippen LogP contribution in [0.5, 0.6) is 0 Å². The Morgan fingerprint density at radius 3 is 3.26 bits per heavy atom. The lowest BCUT2D eigenvalue weighted by molar-refractivity contribution is -0.0246. The molecule has 0 aromatic carbocycles. The fourth-order valence-electron chi connectivity index (χ4n) is 2.05. The van der Waals surface area contributed by atoms with Gasteiger partial charge in [-0.3, -0.25) is 9.69 Å². The lowest BCUT2D eigenvalue weighted by Crippen LogP contribution is -2.47. The first-order valence-electron chi connectivity index (χ1n) is 6.43. The first kappa shape index (κ1) is 14.4. The van der Waals surface area contributed by atoms with E-state index in [0.717, 1.165) is 26.2 Å². The molecule has 0 bridgehead atoms. The highest BCUT2D eigenvalue weighted by Gasteiger charge is 2.20. The zero-order chi connectivity index (χ0) is 13.7. The molecular weight excluding hydrogens is 310 g/mol. The number of nitrogens with zero attached hydrogens (tertiary/aromatic N) is 2. The summed E-state index contributed by atoms with van der Waals surface area (Å²) in [6, 6.07) is 3.49. The van der Waals surface area contributed by atoms with Crippen LogP contribution in [-0.4, -0.2) is 54.7 Å². The number of likely N-dealkylation sites (N-methyl/N-ethyl adjacent to an activating group) is 1. The maximum Gasteiger partial charge on any atom is 0.254 e. The number of carbonyl (C=O) groups excluding carboxylic acids is 1. The summed E-state index contributed by atoms with van der Waals surface area (Å²) in [6.45, 7) is 6.23. The van der Waals surface area contributed by atoms with Crippen LogP contribution in [0.15, 0.2) is 22.9 Å². The van der Waals surface area contributed by atoms with Gasteiger partial charge in [0.05, 0.1) is 18.3 Å². The van der Waals surface area contributed by atoms with Gasteiger partial charge >= 0.3 is 0 Å². The molecule has 104 valence electrons. The van der Waals surface area contributed by atoms with Gasteiger partial charge in [-0.15, -0.1) is 0 Å². The van der Waals surface area contributed by atoms with E-state index in [1.165, 1.54) is 0 Å². The van der Waals surface area contributed by atoms with Gasteiger partial charge in [-0.25, -0.2) is 4.98 Å². The van der Waals surface area contributed by atoms with E-state index < -0.39 is 0 Å². The molecule has 1 aromatic heterocycles. The Labute approximate surface area is 121 Å². The molecular formula is C13H18BrN3O2. The second-order valence-electron chi connectivity index (χ2n) is 4.44. The lowest BCUT2D eigenvalue weighted by Gasteiger charge is -2.32. The van der Waals surface area contributed by atoms with E-state index in [4.69, 9.17) is 4.74 Å². The summed E-state index contributed by atoms with van der Waals surface area (Å²) in [7, 11) is 0.